The van der Waals surface area contributed by atoms with E-state index in [9.17, 15) is 13.2 Å². The number of sulfone groups is 1. The molecule has 1 saturated heterocycles. The normalized spacial score (nSPS) is 23.1. The second-order valence-corrected chi connectivity index (χ2v) is 7.58. The number of para-hydroxylation sites is 1. The fraction of sp³-hybridized carbons (Fsp3) is 0.500. The number of benzene rings is 1. The third-order valence-corrected chi connectivity index (χ3v) is 4.95. The Morgan fingerprint density at radius 2 is 1.95 bits per heavy atom. The van der Waals surface area contributed by atoms with Crippen molar-refractivity contribution < 1.29 is 13.2 Å². The van der Waals surface area contributed by atoms with Crippen LogP contribution in [0.15, 0.2) is 29.2 Å². The molecule has 0 aromatic heterocycles. The molecule has 2 aliphatic rings. The van der Waals surface area contributed by atoms with E-state index >= 15 is 0 Å². The minimum absolute atomic E-state index is 0.00833. The van der Waals surface area contributed by atoms with Crippen LogP contribution in [0.4, 0.5) is 5.69 Å². The van der Waals surface area contributed by atoms with Crippen molar-refractivity contribution in [2.45, 2.75) is 36.2 Å². The molecule has 1 aromatic carbocycles. The number of nitrogens with one attached hydrogen (secondary N) is 1. The van der Waals surface area contributed by atoms with E-state index in [0.717, 1.165) is 12.8 Å². The minimum Gasteiger partial charge on any atom is -0.379 e. The van der Waals surface area contributed by atoms with Crippen LogP contribution in [-0.4, -0.2) is 44.1 Å². The molecule has 1 aromatic rings. The molecule has 1 heterocycles. The lowest BCUT2D eigenvalue weighted by Gasteiger charge is -2.18. The van der Waals surface area contributed by atoms with Gasteiger partial charge in [0.2, 0.25) is 5.91 Å². The second-order valence-electron chi connectivity index (χ2n) is 5.59. The SMILES string of the molecule is CS(=O)(=O)c1ccccc1NC1CC(=O)N(C2CC2)C1. The third kappa shape index (κ3) is 2.65. The van der Waals surface area contributed by atoms with Crippen LogP contribution in [-0.2, 0) is 14.6 Å². The van der Waals surface area contributed by atoms with E-state index < -0.39 is 9.84 Å². The molecule has 1 N–H and O–H groups in total. The summed E-state index contributed by atoms with van der Waals surface area (Å²) in [5.41, 5.74) is 0.588. The monoisotopic (exact) mass is 294 g/mol. The van der Waals surface area contributed by atoms with Crippen LogP contribution in [0.1, 0.15) is 19.3 Å². The number of carbonyl (C=O) groups excluding carboxylic acids is 1. The van der Waals surface area contributed by atoms with Gasteiger partial charge in [-0.25, -0.2) is 8.42 Å². The molecule has 2 fully saturated rings. The largest absolute Gasteiger partial charge is 0.379 e. The molecule has 108 valence electrons. The topological polar surface area (TPSA) is 66.5 Å². The maximum absolute atomic E-state index is 11.9. The summed E-state index contributed by atoms with van der Waals surface area (Å²) in [7, 11) is -3.27. The molecule has 5 nitrogen and oxygen atoms in total. The number of hydrogen-bond acceptors (Lipinski definition) is 4. The highest BCUT2D eigenvalue weighted by molar-refractivity contribution is 7.90. The summed E-state index contributed by atoms with van der Waals surface area (Å²) in [6, 6.07) is 7.25. The van der Waals surface area contributed by atoms with E-state index in [4.69, 9.17) is 0 Å². The number of anilines is 1. The summed E-state index contributed by atoms with van der Waals surface area (Å²) in [5.74, 6) is 0.168. The second kappa shape index (κ2) is 4.77. The standard InChI is InChI=1S/C14H18N2O3S/c1-20(18,19)13-5-3-2-4-12(13)15-10-8-14(17)16(9-10)11-6-7-11/h2-5,10-11,15H,6-9H2,1H3. The van der Waals surface area contributed by atoms with Crippen LogP contribution in [0, 0.1) is 0 Å². The zero-order chi connectivity index (χ0) is 14.3. The Labute approximate surface area is 118 Å². The van der Waals surface area contributed by atoms with Crippen molar-refractivity contribution in [2.24, 2.45) is 0 Å². The first-order chi connectivity index (χ1) is 9.45. The van der Waals surface area contributed by atoms with Crippen molar-refractivity contribution in [3.8, 4) is 0 Å². The molecule has 1 saturated carbocycles. The van der Waals surface area contributed by atoms with Crippen LogP contribution >= 0.6 is 0 Å². The Hall–Kier alpha value is -1.56. The fourth-order valence-electron chi connectivity index (χ4n) is 2.70. The highest BCUT2D eigenvalue weighted by Gasteiger charge is 2.39. The van der Waals surface area contributed by atoms with Gasteiger partial charge >= 0.3 is 0 Å². The number of carbonyl (C=O) groups is 1. The summed E-state index contributed by atoms with van der Waals surface area (Å²) in [5, 5.41) is 3.22. The van der Waals surface area contributed by atoms with Crippen LogP contribution in [0.5, 0.6) is 0 Å². The van der Waals surface area contributed by atoms with Crippen LogP contribution in [0.3, 0.4) is 0 Å². The molecule has 0 radical (unpaired) electrons. The Morgan fingerprint density at radius 1 is 1.25 bits per heavy atom. The van der Waals surface area contributed by atoms with Gasteiger partial charge < -0.3 is 10.2 Å². The maximum Gasteiger partial charge on any atom is 0.225 e. The highest BCUT2D eigenvalue weighted by atomic mass is 32.2. The van der Waals surface area contributed by atoms with E-state index in [0.29, 0.717) is 24.7 Å². The lowest BCUT2D eigenvalue weighted by Crippen LogP contribution is -2.30. The van der Waals surface area contributed by atoms with Gasteiger partial charge in [-0.3, -0.25) is 4.79 Å². The summed E-state index contributed by atoms with van der Waals surface area (Å²) in [4.78, 5) is 14.1. The number of amides is 1. The molecule has 1 aliphatic heterocycles. The van der Waals surface area contributed by atoms with Gasteiger partial charge in [-0.15, -0.1) is 0 Å². The average molecular weight is 294 g/mol. The summed E-state index contributed by atoms with van der Waals surface area (Å²) < 4.78 is 23.5. The Balaban J connectivity index is 1.77. The van der Waals surface area contributed by atoms with E-state index in [-0.39, 0.29) is 16.8 Å². The van der Waals surface area contributed by atoms with E-state index in [2.05, 4.69) is 5.32 Å². The number of hydrogen-bond donors (Lipinski definition) is 1. The van der Waals surface area contributed by atoms with Gasteiger partial charge in [-0.1, -0.05) is 12.1 Å². The zero-order valence-electron chi connectivity index (χ0n) is 11.4. The lowest BCUT2D eigenvalue weighted by atomic mass is 10.2. The van der Waals surface area contributed by atoms with Crippen molar-refractivity contribution in [3.63, 3.8) is 0 Å². The Kier molecular flexibility index (Phi) is 3.20. The van der Waals surface area contributed by atoms with E-state index in [1.807, 2.05) is 4.90 Å². The van der Waals surface area contributed by atoms with Crippen LogP contribution in [0.25, 0.3) is 0 Å². The van der Waals surface area contributed by atoms with Crippen molar-refractivity contribution in [3.05, 3.63) is 24.3 Å². The molecule has 0 spiro atoms. The van der Waals surface area contributed by atoms with Crippen LogP contribution in [0.2, 0.25) is 0 Å². The van der Waals surface area contributed by atoms with Gasteiger partial charge in [-0.2, -0.15) is 0 Å². The predicted octanol–water partition coefficient (Wildman–Crippen LogP) is 1.27. The quantitative estimate of drug-likeness (QED) is 0.908. The molecule has 1 unspecified atom stereocenters. The molecule has 0 bridgehead atoms. The van der Waals surface area contributed by atoms with Crippen molar-refractivity contribution in [1.82, 2.24) is 4.90 Å². The molecule has 1 aliphatic carbocycles. The molecular formula is C14H18N2O3S. The van der Waals surface area contributed by atoms with Gasteiger partial charge in [-0.05, 0) is 25.0 Å². The van der Waals surface area contributed by atoms with Crippen LogP contribution < -0.4 is 5.32 Å². The summed E-state index contributed by atoms with van der Waals surface area (Å²) >= 11 is 0. The highest BCUT2D eigenvalue weighted by Crippen LogP contribution is 2.32. The first kappa shape index (κ1) is 13.4. The summed E-state index contributed by atoms with van der Waals surface area (Å²) in [6.07, 6.45) is 3.83. The van der Waals surface area contributed by atoms with Crippen molar-refractivity contribution in [1.29, 1.82) is 0 Å². The molecule has 1 atom stereocenters. The molecule has 1 amide bonds. The fourth-order valence-corrected chi connectivity index (χ4v) is 3.55. The van der Waals surface area contributed by atoms with Gasteiger partial charge in [0.25, 0.3) is 0 Å². The Morgan fingerprint density at radius 3 is 2.60 bits per heavy atom. The lowest BCUT2D eigenvalue weighted by molar-refractivity contribution is -0.128. The average Bonchev–Trinajstić information content (AvgIpc) is 3.14. The third-order valence-electron chi connectivity index (χ3n) is 3.79. The molecule has 20 heavy (non-hydrogen) atoms. The van der Waals surface area contributed by atoms with Crippen molar-refractivity contribution in [2.75, 3.05) is 18.1 Å². The number of nitrogens with zero attached hydrogens (tertiary/aromatic N) is 1. The van der Waals surface area contributed by atoms with Crippen molar-refractivity contribution >= 4 is 21.4 Å². The predicted molar refractivity (Wildman–Crippen MR) is 76.3 cm³/mol. The first-order valence-electron chi connectivity index (χ1n) is 6.80. The van der Waals surface area contributed by atoms with Gasteiger partial charge in [0, 0.05) is 25.3 Å². The zero-order valence-corrected chi connectivity index (χ0v) is 12.2. The maximum atomic E-state index is 11.9. The summed E-state index contributed by atoms with van der Waals surface area (Å²) in [6.45, 7) is 0.668. The first-order valence-corrected chi connectivity index (χ1v) is 8.69. The van der Waals surface area contributed by atoms with E-state index in [1.165, 1.54) is 6.26 Å². The molecule has 3 rings (SSSR count). The van der Waals surface area contributed by atoms with E-state index in [1.54, 1.807) is 24.3 Å². The molecule has 6 heteroatoms. The molecular weight excluding hydrogens is 276 g/mol. The van der Waals surface area contributed by atoms with Gasteiger partial charge in [0.15, 0.2) is 9.84 Å². The number of likely N-dealkylation sites (tertiary alicyclic amines) is 1. The smallest absolute Gasteiger partial charge is 0.225 e. The minimum atomic E-state index is -3.27. The van der Waals surface area contributed by atoms with Gasteiger partial charge in [0.1, 0.15) is 0 Å². The number of rotatable bonds is 4. The Bertz CT molecular complexity index is 638. The van der Waals surface area contributed by atoms with Gasteiger partial charge in [0.05, 0.1) is 16.6 Å².